The first-order valence-electron chi connectivity index (χ1n) is 7.17. The highest BCUT2D eigenvalue weighted by Gasteiger charge is 2.49. The number of carbonyl (C=O) groups excluding carboxylic acids is 1. The summed E-state index contributed by atoms with van der Waals surface area (Å²) in [4.78, 5) is 11.2. The lowest BCUT2D eigenvalue weighted by atomic mass is 9.96. The van der Waals surface area contributed by atoms with E-state index in [0.717, 1.165) is 5.56 Å². The topological polar surface area (TPSA) is 97.3 Å². The van der Waals surface area contributed by atoms with Gasteiger partial charge in [0.1, 0.15) is 24.4 Å². The van der Waals surface area contributed by atoms with Crippen molar-refractivity contribution in [1.29, 1.82) is 0 Å². The van der Waals surface area contributed by atoms with E-state index >= 15 is 0 Å². The maximum atomic E-state index is 11.2. The monoisotopic (exact) mass is 309 g/mol. The Bertz CT molecular complexity index is 524. The van der Waals surface area contributed by atoms with Crippen LogP contribution >= 0.6 is 0 Å². The van der Waals surface area contributed by atoms with Crippen LogP contribution in [-0.2, 0) is 19.0 Å². The summed E-state index contributed by atoms with van der Waals surface area (Å²) in [6.45, 7) is 1.49. The van der Waals surface area contributed by atoms with E-state index in [0.29, 0.717) is 0 Å². The van der Waals surface area contributed by atoms with Crippen molar-refractivity contribution < 1.29 is 29.2 Å². The average molecular weight is 309 g/mol. The van der Waals surface area contributed by atoms with Crippen LogP contribution in [0.3, 0.4) is 0 Å². The summed E-state index contributed by atoms with van der Waals surface area (Å²) in [5.41, 5.74) is 0.829. The maximum Gasteiger partial charge on any atom is 0.217 e. The van der Waals surface area contributed by atoms with Gasteiger partial charge in [0.05, 0.1) is 6.61 Å². The van der Waals surface area contributed by atoms with Crippen molar-refractivity contribution in [3.05, 3.63) is 35.9 Å². The molecule has 120 valence electrons. The van der Waals surface area contributed by atoms with E-state index in [4.69, 9.17) is 14.2 Å². The number of aliphatic hydroxyl groups is 2. The van der Waals surface area contributed by atoms with Gasteiger partial charge in [0.25, 0.3) is 0 Å². The van der Waals surface area contributed by atoms with Crippen molar-refractivity contribution in [3.63, 3.8) is 0 Å². The van der Waals surface area contributed by atoms with Crippen molar-refractivity contribution >= 4 is 5.91 Å². The number of nitrogens with one attached hydrogen (secondary N) is 1. The minimum atomic E-state index is -1.30. The lowest BCUT2D eigenvalue weighted by molar-refractivity contribution is -0.337. The molecule has 0 aromatic heterocycles. The van der Waals surface area contributed by atoms with Gasteiger partial charge >= 0.3 is 0 Å². The number of aliphatic hydroxyl groups excluding tert-OH is 2. The molecular formula is C15H19NO6. The van der Waals surface area contributed by atoms with Gasteiger partial charge in [0.15, 0.2) is 12.6 Å². The first-order chi connectivity index (χ1) is 10.6. The van der Waals surface area contributed by atoms with E-state index in [1.807, 2.05) is 30.3 Å². The first kappa shape index (κ1) is 15.4. The van der Waals surface area contributed by atoms with Crippen molar-refractivity contribution in [2.24, 2.45) is 0 Å². The summed E-state index contributed by atoms with van der Waals surface area (Å²) in [7, 11) is 0. The van der Waals surface area contributed by atoms with Crippen LogP contribution in [0.2, 0.25) is 0 Å². The van der Waals surface area contributed by atoms with Gasteiger partial charge in [0.2, 0.25) is 5.91 Å². The van der Waals surface area contributed by atoms with Gasteiger partial charge in [-0.25, -0.2) is 0 Å². The van der Waals surface area contributed by atoms with Crippen LogP contribution in [0, 0.1) is 0 Å². The summed E-state index contributed by atoms with van der Waals surface area (Å²) < 4.78 is 16.8. The number of rotatable bonds is 2. The van der Waals surface area contributed by atoms with Gasteiger partial charge in [0, 0.05) is 12.5 Å². The lowest BCUT2D eigenvalue weighted by Gasteiger charge is -2.46. The summed E-state index contributed by atoms with van der Waals surface area (Å²) in [5.74, 6) is -0.364. The molecular weight excluding hydrogens is 290 g/mol. The van der Waals surface area contributed by atoms with Gasteiger partial charge in [-0.15, -0.1) is 0 Å². The van der Waals surface area contributed by atoms with Gasteiger partial charge < -0.3 is 29.7 Å². The van der Waals surface area contributed by atoms with Crippen LogP contribution < -0.4 is 5.32 Å². The lowest BCUT2D eigenvalue weighted by Crippen LogP contribution is -2.66. The average Bonchev–Trinajstić information content (AvgIpc) is 2.52. The molecule has 2 saturated heterocycles. The largest absolute Gasteiger partial charge is 0.388 e. The van der Waals surface area contributed by atoms with Gasteiger partial charge in [-0.05, 0) is 0 Å². The fraction of sp³-hybridized carbons (Fsp3) is 0.533. The molecule has 0 bridgehead atoms. The van der Waals surface area contributed by atoms with Gasteiger partial charge in [-0.2, -0.15) is 0 Å². The predicted octanol–water partition coefficient (Wildman–Crippen LogP) is -0.317. The Morgan fingerprint density at radius 2 is 1.95 bits per heavy atom. The number of ether oxygens (including phenoxy) is 3. The molecule has 2 aliphatic rings. The fourth-order valence-electron chi connectivity index (χ4n) is 2.78. The summed E-state index contributed by atoms with van der Waals surface area (Å²) >= 11 is 0. The standard InChI is InChI=1S/C15H19NO6/c1-8(17)16-11-12(18)13-10(21-14(11)19)7-20-15(22-13)9-5-3-2-4-6-9/h2-6,10-15,18-19H,7H2,1H3,(H,16,17)/t10?,11?,12?,13-,14-,15?/m1/s1. The van der Waals surface area contributed by atoms with E-state index in [1.54, 1.807) is 0 Å². The van der Waals surface area contributed by atoms with Crippen LogP contribution in [0.4, 0.5) is 0 Å². The Hall–Kier alpha value is -1.51. The summed E-state index contributed by atoms with van der Waals surface area (Å²) in [6, 6.07) is 8.41. The molecule has 2 heterocycles. The summed E-state index contributed by atoms with van der Waals surface area (Å²) in [5, 5.41) is 22.8. The normalized spacial score (nSPS) is 38.1. The Morgan fingerprint density at radius 3 is 2.64 bits per heavy atom. The van der Waals surface area contributed by atoms with Crippen molar-refractivity contribution in [3.8, 4) is 0 Å². The van der Waals surface area contributed by atoms with Crippen LogP contribution in [0.1, 0.15) is 18.8 Å². The first-order valence-corrected chi connectivity index (χ1v) is 7.17. The highest BCUT2D eigenvalue weighted by Crippen LogP contribution is 2.33. The predicted molar refractivity (Wildman–Crippen MR) is 74.5 cm³/mol. The Morgan fingerprint density at radius 1 is 1.23 bits per heavy atom. The quantitative estimate of drug-likeness (QED) is 0.693. The van der Waals surface area contributed by atoms with E-state index in [-0.39, 0.29) is 12.5 Å². The Kier molecular flexibility index (Phi) is 4.42. The Balaban J connectivity index is 1.75. The molecule has 4 unspecified atom stereocenters. The molecule has 7 nitrogen and oxygen atoms in total. The van der Waals surface area contributed by atoms with Gasteiger partial charge in [-0.3, -0.25) is 4.79 Å². The molecule has 0 saturated carbocycles. The zero-order chi connectivity index (χ0) is 15.7. The summed E-state index contributed by atoms with van der Waals surface area (Å²) in [6.07, 6.45) is -4.29. The zero-order valence-corrected chi connectivity index (χ0v) is 12.1. The molecule has 7 heteroatoms. The number of hydrogen-bond donors (Lipinski definition) is 3. The second-order valence-electron chi connectivity index (χ2n) is 5.46. The zero-order valence-electron chi connectivity index (χ0n) is 12.1. The van der Waals surface area contributed by atoms with Crippen LogP contribution in [0.25, 0.3) is 0 Å². The SMILES string of the molecule is CC(=O)NC1C(O)[C@@H]2OC(c3ccccc3)OCC2O[C@H]1O. The smallest absolute Gasteiger partial charge is 0.217 e. The molecule has 0 spiro atoms. The van der Waals surface area contributed by atoms with Crippen molar-refractivity contribution in [2.45, 2.75) is 43.9 Å². The second kappa shape index (κ2) is 6.31. The minimum absolute atomic E-state index is 0.186. The Labute approximate surface area is 127 Å². The molecule has 3 rings (SSSR count). The number of hydrogen-bond acceptors (Lipinski definition) is 6. The van der Waals surface area contributed by atoms with Gasteiger partial charge in [-0.1, -0.05) is 30.3 Å². The number of carbonyl (C=O) groups is 1. The molecule has 22 heavy (non-hydrogen) atoms. The molecule has 0 aliphatic carbocycles. The molecule has 1 amide bonds. The molecule has 1 aromatic carbocycles. The molecule has 2 fully saturated rings. The number of fused-ring (bicyclic) bond motifs is 1. The molecule has 1 aromatic rings. The third-order valence-corrected chi connectivity index (χ3v) is 3.83. The fourth-order valence-corrected chi connectivity index (χ4v) is 2.78. The van der Waals surface area contributed by atoms with E-state index in [2.05, 4.69) is 5.32 Å². The molecule has 6 atom stereocenters. The van der Waals surface area contributed by atoms with E-state index in [1.165, 1.54) is 6.92 Å². The highest BCUT2D eigenvalue weighted by molar-refractivity contribution is 5.73. The van der Waals surface area contributed by atoms with Crippen molar-refractivity contribution in [1.82, 2.24) is 5.32 Å². The second-order valence-corrected chi connectivity index (χ2v) is 5.46. The maximum absolute atomic E-state index is 11.2. The van der Waals surface area contributed by atoms with Crippen LogP contribution in [0.15, 0.2) is 30.3 Å². The molecule has 3 N–H and O–H groups in total. The highest BCUT2D eigenvalue weighted by atomic mass is 16.7. The number of benzene rings is 1. The van der Waals surface area contributed by atoms with Crippen molar-refractivity contribution in [2.75, 3.05) is 6.61 Å². The van der Waals surface area contributed by atoms with E-state index < -0.39 is 36.9 Å². The molecule has 0 radical (unpaired) electrons. The number of amides is 1. The third kappa shape index (κ3) is 2.99. The third-order valence-electron chi connectivity index (χ3n) is 3.83. The van der Waals surface area contributed by atoms with Crippen LogP contribution in [0.5, 0.6) is 0 Å². The van der Waals surface area contributed by atoms with E-state index in [9.17, 15) is 15.0 Å². The minimum Gasteiger partial charge on any atom is -0.388 e. The van der Waals surface area contributed by atoms with Crippen LogP contribution in [-0.4, -0.2) is 53.4 Å². The molecule has 2 aliphatic heterocycles.